The summed E-state index contributed by atoms with van der Waals surface area (Å²) in [5, 5.41) is 0. The van der Waals surface area contributed by atoms with Crippen LogP contribution in [0.2, 0.25) is 0 Å². The molecule has 3 heteroatoms. The molecule has 0 saturated heterocycles. The number of ether oxygens (including phenoxy) is 2. The normalized spacial score (nSPS) is 10.4. The Morgan fingerprint density at radius 1 is 0.625 bits per heavy atom. The molecule has 1 aromatic heterocycles. The third-order valence-electron chi connectivity index (χ3n) is 3.61. The Balaban J connectivity index is 1.85. The zero-order valence-electron chi connectivity index (χ0n) is 14.0. The SMILES string of the molecule is CCOc1ccc(-c2cccc(-c3ccc(OCC)cc3)[o+]2)cc1. The second-order valence-corrected chi connectivity index (χ2v) is 5.27. The van der Waals surface area contributed by atoms with Crippen molar-refractivity contribution in [3.05, 3.63) is 66.7 Å². The lowest BCUT2D eigenvalue weighted by Crippen LogP contribution is -1.91. The summed E-state index contributed by atoms with van der Waals surface area (Å²) in [6.45, 7) is 5.28. The molecule has 0 N–H and O–H groups in total. The molecule has 0 fully saturated rings. The summed E-state index contributed by atoms with van der Waals surface area (Å²) in [5.41, 5.74) is 2.04. The van der Waals surface area contributed by atoms with Crippen LogP contribution in [0.3, 0.4) is 0 Å². The number of benzene rings is 2. The Kier molecular flexibility index (Phi) is 5.12. The molecule has 2 aromatic carbocycles. The molecule has 3 rings (SSSR count). The largest absolute Gasteiger partial charge is 0.494 e. The van der Waals surface area contributed by atoms with Gasteiger partial charge < -0.3 is 9.47 Å². The zero-order valence-corrected chi connectivity index (χ0v) is 14.0. The molecule has 0 amide bonds. The van der Waals surface area contributed by atoms with Gasteiger partial charge >= 0.3 is 11.5 Å². The van der Waals surface area contributed by atoms with E-state index in [0.29, 0.717) is 13.2 Å². The van der Waals surface area contributed by atoms with Crippen molar-refractivity contribution in [3.8, 4) is 34.1 Å². The highest BCUT2D eigenvalue weighted by atomic mass is 16.5. The van der Waals surface area contributed by atoms with Gasteiger partial charge in [-0.2, -0.15) is 0 Å². The minimum absolute atomic E-state index is 0.664. The highest BCUT2D eigenvalue weighted by molar-refractivity contribution is 5.63. The van der Waals surface area contributed by atoms with Crippen molar-refractivity contribution in [2.45, 2.75) is 13.8 Å². The van der Waals surface area contributed by atoms with Crippen molar-refractivity contribution < 1.29 is 13.9 Å². The molecule has 0 spiro atoms. The first-order valence-corrected chi connectivity index (χ1v) is 8.19. The fourth-order valence-corrected chi connectivity index (χ4v) is 2.48. The lowest BCUT2D eigenvalue weighted by atomic mass is 10.1. The third kappa shape index (κ3) is 3.74. The lowest BCUT2D eigenvalue weighted by molar-refractivity contribution is 0.340. The van der Waals surface area contributed by atoms with Crippen LogP contribution in [0, 0.1) is 0 Å². The Morgan fingerprint density at radius 3 is 1.42 bits per heavy atom. The number of hydrogen-bond acceptors (Lipinski definition) is 2. The monoisotopic (exact) mass is 321 g/mol. The minimum atomic E-state index is 0.664. The summed E-state index contributed by atoms with van der Waals surface area (Å²) in [5.74, 6) is 3.38. The summed E-state index contributed by atoms with van der Waals surface area (Å²) >= 11 is 0. The van der Waals surface area contributed by atoms with Crippen LogP contribution >= 0.6 is 0 Å². The van der Waals surface area contributed by atoms with Crippen LogP contribution in [0.5, 0.6) is 11.5 Å². The molecule has 0 aliphatic rings. The molecule has 0 radical (unpaired) electrons. The van der Waals surface area contributed by atoms with Crippen LogP contribution < -0.4 is 9.47 Å². The molecule has 0 aliphatic heterocycles. The second kappa shape index (κ2) is 7.64. The third-order valence-corrected chi connectivity index (χ3v) is 3.61. The van der Waals surface area contributed by atoms with Crippen LogP contribution in [0.15, 0.2) is 71.1 Å². The van der Waals surface area contributed by atoms with E-state index in [1.54, 1.807) is 0 Å². The molecular formula is C21H21O3+. The van der Waals surface area contributed by atoms with E-state index < -0.39 is 0 Å². The molecule has 24 heavy (non-hydrogen) atoms. The van der Waals surface area contributed by atoms with E-state index in [1.807, 2.05) is 80.6 Å². The van der Waals surface area contributed by atoms with Crippen LogP contribution in [0.1, 0.15) is 13.8 Å². The van der Waals surface area contributed by atoms with E-state index >= 15 is 0 Å². The van der Waals surface area contributed by atoms with E-state index in [1.165, 1.54) is 0 Å². The quantitative estimate of drug-likeness (QED) is 0.546. The van der Waals surface area contributed by atoms with E-state index in [2.05, 4.69) is 0 Å². The molecule has 0 unspecified atom stereocenters. The number of rotatable bonds is 6. The Labute approximate surface area is 142 Å². The van der Waals surface area contributed by atoms with Gasteiger partial charge in [0.2, 0.25) is 0 Å². The average Bonchev–Trinajstić information content (AvgIpc) is 2.64. The van der Waals surface area contributed by atoms with E-state index in [9.17, 15) is 0 Å². The van der Waals surface area contributed by atoms with Crippen molar-refractivity contribution in [3.63, 3.8) is 0 Å². The maximum atomic E-state index is 6.07. The minimum Gasteiger partial charge on any atom is -0.494 e. The van der Waals surface area contributed by atoms with Gasteiger partial charge in [-0.1, -0.05) is 0 Å². The predicted octanol–water partition coefficient (Wildman–Crippen LogP) is 5.69. The molecule has 3 aromatic rings. The Morgan fingerprint density at radius 2 is 1.04 bits per heavy atom. The molecule has 0 saturated carbocycles. The van der Waals surface area contributed by atoms with Crippen molar-refractivity contribution in [1.29, 1.82) is 0 Å². The predicted molar refractivity (Wildman–Crippen MR) is 96.3 cm³/mol. The van der Waals surface area contributed by atoms with Crippen LogP contribution in [0.25, 0.3) is 22.6 Å². The second-order valence-electron chi connectivity index (χ2n) is 5.27. The van der Waals surface area contributed by atoms with Crippen LogP contribution in [-0.4, -0.2) is 13.2 Å². The van der Waals surface area contributed by atoms with Crippen molar-refractivity contribution >= 4 is 0 Å². The Hall–Kier alpha value is -2.81. The maximum absolute atomic E-state index is 6.07. The van der Waals surface area contributed by atoms with Gasteiger partial charge in [-0.3, -0.25) is 0 Å². The van der Waals surface area contributed by atoms with Gasteiger partial charge in [-0.25, -0.2) is 4.42 Å². The van der Waals surface area contributed by atoms with Crippen LogP contribution in [0.4, 0.5) is 0 Å². The van der Waals surface area contributed by atoms with E-state index in [-0.39, 0.29) is 0 Å². The highest BCUT2D eigenvalue weighted by Gasteiger charge is 2.16. The molecule has 1 heterocycles. The van der Waals surface area contributed by atoms with Gasteiger partial charge in [0.05, 0.1) is 24.3 Å². The highest BCUT2D eigenvalue weighted by Crippen LogP contribution is 2.28. The Bertz CT molecular complexity index is 712. The van der Waals surface area contributed by atoms with Crippen molar-refractivity contribution in [2.75, 3.05) is 13.2 Å². The molecule has 0 atom stereocenters. The maximum Gasteiger partial charge on any atom is 0.360 e. The van der Waals surface area contributed by atoms with E-state index in [4.69, 9.17) is 13.9 Å². The van der Waals surface area contributed by atoms with Gasteiger partial charge in [0.25, 0.3) is 0 Å². The average molecular weight is 321 g/mol. The topological polar surface area (TPSA) is 29.8 Å². The standard InChI is InChI=1S/C21H21O3/c1-3-22-18-12-8-16(9-13-18)20-6-5-7-21(24-20)17-10-14-19(15-11-17)23-4-2/h5-15H,3-4H2,1-2H3/q+1. The van der Waals surface area contributed by atoms with Crippen molar-refractivity contribution in [2.24, 2.45) is 0 Å². The first kappa shape index (κ1) is 16.1. The summed E-state index contributed by atoms with van der Waals surface area (Å²) in [4.78, 5) is 0. The molecule has 0 bridgehead atoms. The zero-order chi connectivity index (χ0) is 16.8. The smallest absolute Gasteiger partial charge is 0.360 e. The fraction of sp³-hybridized carbons (Fsp3) is 0.190. The number of hydrogen-bond donors (Lipinski definition) is 0. The molecule has 3 nitrogen and oxygen atoms in total. The molecule has 0 aliphatic carbocycles. The summed E-state index contributed by atoms with van der Waals surface area (Å²) < 4.78 is 17.0. The molecule has 122 valence electrons. The van der Waals surface area contributed by atoms with Gasteiger partial charge in [0, 0.05) is 12.1 Å². The van der Waals surface area contributed by atoms with Gasteiger partial charge in [-0.15, -0.1) is 0 Å². The summed E-state index contributed by atoms with van der Waals surface area (Å²) in [6.07, 6.45) is 0. The van der Waals surface area contributed by atoms with Gasteiger partial charge in [0.1, 0.15) is 11.5 Å². The van der Waals surface area contributed by atoms with Crippen molar-refractivity contribution in [1.82, 2.24) is 0 Å². The summed E-state index contributed by atoms with van der Waals surface area (Å²) in [7, 11) is 0. The van der Waals surface area contributed by atoms with Crippen LogP contribution in [-0.2, 0) is 0 Å². The van der Waals surface area contributed by atoms with E-state index in [0.717, 1.165) is 34.1 Å². The molecular weight excluding hydrogens is 300 g/mol. The fourth-order valence-electron chi connectivity index (χ4n) is 2.48. The first-order valence-electron chi connectivity index (χ1n) is 8.19. The van der Waals surface area contributed by atoms with Gasteiger partial charge in [-0.05, 0) is 68.4 Å². The summed E-state index contributed by atoms with van der Waals surface area (Å²) in [6, 6.07) is 21.8. The first-order chi connectivity index (χ1) is 11.8. The van der Waals surface area contributed by atoms with Gasteiger partial charge in [0.15, 0.2) is 0 Å². The lowest BCUT2D eigenvalue weighted by Gasteiger charge is -2.02.